The van der Waals surface area contributed by atoms with Crippen LogP contribution in [0.2, 0.25) is 0 Å². The number of aromatic nitrogens is 1. The van der Waals surface area contributed by atoms with Crippen LogP contribution in [0.25, 0.3) is 17.2 Å². The van der Waals surface area contributed by atoms with Crippen LogP contribution in [0.15, 0.2) is 60.8 Å². The highest BCUT2D eigenvalue weighted by atomic mass is 14.7. The van der Waals surface area contributed by atoms with E-state index in [0.29, 0.717) is 17.8 Å². The van der Waals surface area contributed by atoms with Crippen molar-refractivity contribution in [3.05, 3.63) is 94.3 Å². The van der Waals surface area contributed by atoms with Gasteiger partial charge in [-0.3, -0.25) is 4.98 Å². The first-order valence-electron chi connectivity index (χ1n) is 11.3. The van der Waals surface area contributed by atoms with Gasteiger partial charge in [-0.2, -0.15) is 0 Å². The maximum absolute atomic E-state index is 4.94. The molecule has 0 N–H and O–H groups in total. The van der Waals surface area contributed by atoms with E-state index in [2.05, 4.69) is 102 Å². The molecule has 2 aromatic carbocycles. The molecule has 1 aromatic heterocycles. The van der Waals surface area contributed by atoms with Crippen LogP contribution in [0.4, 0.5) is 0 Å². The lowest BCUT2D eigenvalue weighted by Crippen LogP contribution is -2.07. The summed E-state index contributed by atoms with van der Waals surface area (Å²) in [4.78, 5) is 4.94. The average molecular weight is 396 g/mol. The number of fused-ring (bicyclic) bond motifs is 1. The van der Waals surface area contributed by atoms with Crippen molar-refractivity contribution in [1.82, 2.24) is 4.98 Å². The molecule has 1 heterocycles. The minimum atomic E-state index is 0.210. The Labute approximate surface area is 181 Å². The van der Waals surface area contributed by atoms with Gasteiger partial charge in [0.05, 0.1) is 5.69 Å². The quantitative estimate of drug-likeness (QED) is 0.423. The number of nitrogens with zero attached hydrogens (tertiary/aromatic N) is 1. The van der Waals surface area contributed by atoms with Crippen LogP contribution < -0.4 is 0 Å². The number of hydrogen-bond acceptors (Lipinski definition) is 1. The Morgan fingerprint density at radius 1 is 0.767 bits per heavy atom. The Morgan fingerprint density at radius 2 is 1.43 bits per heavy atom. The molecule has 1 heteroatoms. The van der Waals surface area contributed by atoms with E-state index in [1.54, 1.807) is 0 Å². The summed E-state index contributed by atoms with van der Waals surface area (Å²) in [7, 11) is 0. The Morgan fingerprint density at radius 3 is 2.07 bits per heavy atom. The molecule has 0 fully saturated rings. The SMILES string of the molecule is CC(C)c1cc(C(C)C)c(-c2cccnc2C2C=Cc3ccccc32)c(C(C)C)c1. The predicted molar refractivity (Wildman–Crippen MR) is 129 cm³/mol. The molecule has 4 rings (SSSR count). The highest BCUT2D eigenvalue weighted by molar-refractivity contribution is 5.78. The van der Waals surface area contributed by atoms with Gasteiger partial charge in [0.25, 0.3) is 0 Å². The van der Waals surface area contributed by atoms with Crippen LogP contribution >= 0.6 is 0 Å². The molecule has 1 aliphatic rings. The van der Waals surface area contributed by atoms with E-state index in [-0.39, 0.29) is 5.92 Å². The van der Waals surface area contributed by atoms with E-state index >= 15 is 0 Å². The second-order valence-electron chi connectivity index (χ2n) is 9.44. The number of rotatable bonds is 5. The van der Waals surface area contributed by atoms with Crippen molar-refractivity contribution in [3.8, 4) is 11.1 Å². The van der Waals surface area contributed by atoms with Crippen molar-refractivity contribution in [1.29, 1.82) is 0 Å². The maximum Gasteiger partial charge on any atom is 0.0595 e. The zero-order chi connectivity index (χ0) is 21.4. The van der Waals surface area contributed by atoms with Gasteiger partial charge in [0.2, 0.25) is 0 Å². The van der Waals surface area contributed by atoms with E-state index < -0.39 is 0 Å². The van der Waals surface area contributed by atoms with Gasteiger partial charge in [-0.1, -0.05) is 96.2 Å². The first-order valence-corrected chi connectivity index (χ1v) is 11.3. The molecule has 0 amide bonds. The van der Waals surface area contributed by atoms with Crippen LogP contribution in [0.1, 0.15) is 98.7 Å². The van der Waals surface area contributed by atoms with Crippen molar-refractivity contribution >= 4 is 6.08 Å². The lowest BCUT2D eigenvalue weighted by atomic mass is 9.80. The fourth-order valence-electron chi connectivity index (χ4n) is 4.63. The summed E-state index contributed by atoms with van der Waals surface area (Å²) in [6, 6.07) is 17.9. The van der Waals surface area contributed by atoms with E-state index in [1.165, 1.54) is 44.6 Å². The summed E-state index contributed by atoms with van der Waals surface area (Å²) >= 11 is 0. The van der Waals surface area contributed by atoms with Gasteiger partial charge >= 0.3 is 0 Å². The zero-order valence-corrected chi connectivity index (χ0v) is 19.1. The molecule has 3 aromatic rings. The molecule has 1 nitrogen and oxygen atoms in total. The molecule has 1 unspecified atom stereocenters. The molecule has 0 aliphatic heterocycles. The van der Waals surface area contributed by atoms with Crippen molar-refractivity contribution in [2.45, 2.75) is 65.2 Å². The zero-order valence-electron chi connectivity index (χ0n) is 19.1. The molecular formula is C29H33N. The molecule has 1 aliphatic carbocycles. The van der Waals surface area contributed by atoms with E-state index in [4.69, 9.17) is 4.98 Å². The average Bonchev–Trinajstić information content (AvgIpc) is 3.16. The van der Waals surface area contributed by atoms with Crippen LogP contribution in [0.3, 0.4) is 0 Å². The van der Waals surface area contributed by atoms with Crippen LogP contribution in [0, 0.1) is 0 Å². The Kier molecular flexibility index (Phi) is 5.64. The number of allylic oxidation sites excluding steroid dienone is 1. The normalized spacial score (nSPS) is 15.4. The third kappa shape index (κ3) is 3.62. The molecule has 1 atom stereocenters. The Balaban J connectivity index is 1.98. The van der Waals surface area contributed by atoms with Crippen LogP contribution in [-0.4, -0.2) is 4.98 Å². The molecule has 0 saturated heterocycles. The lowest BCUT2D eigenvalue weighted by Gasteiger charge is -2.25. The van der Waals surface area contributed by atoms with Gasteiger partial charge in [0.1, 0.15) is 0 Å². The summed E-state index contributed by atoms with van der Waals surface area (Å²) in [5, 5.41) is 0. The molecule has 0 radical (unpaired) electrons. The third-order valence-electron chi connectivity index (χ3n) is 6.33. The van der Waals surface area contributed by atoms with E-state index in [9.17, 15) is 0 Å². The Hall–Kier alpha value is -2.67. The molecule has 0 spiro atoms. The number of hydrogen-bond donors (Lipinski definition) is 0. The highest BCUT2D eigenvalue weighted by Crippen LogP contribution is 2.44. The monoisotopic (exact) mass is 395 g/mol. The smallest absolute Gasteiger partial charge is 0.0595 e. The van der Waals surface area contributed by atoms with Crippen LogP contribution in [-0.2, 0) is 0 Å². The summed E-state index contributed by atoms with van der Waals surface area (Å²) in [6.07, 6.45) is 6.50. The minimum Gasteiger partial charge on any atom is -0.260 e. The topological polar surface area (TPSA) is 12.9 Å². The van der Waals surface area contributed by atoms with Gasteiger partial charge in [0, 0.05) is 17.7 Å². The first kappa shape index (κ1) is 20.6. The molecule has 154 valence electrons. The van der Waals surface area contributed by atoms with Gasteiger partial charge in [-0.25, -0.2) is 0 Å². The van der Waals surface area contributed by atoms with Crippen molar-refractivity contribution in [2.24, 2.45) is 0 Å². The second kappa shape index (κ2) is 8.22. The van der Waals surface area contributed by atoms with Crippen LogP contribution in [0.5, 0.6) is 0 Å². The Bertz CT molecular complexity index is 1060. The van der Waals surface area contributed by atoms with Gasteiger partial charge in [-0.05, 0) is 57.2 Å². The largest absolute Gasteiger partial charge is 0.260 e. The predicted octanol–water partition coefficient (Wildman–Crippen LogP) is 8.28. The van der Waals surface area contributed by atoms with Gasteiger partial charge < -0.3 is 0 Å². The first-order chi connectivity index (χ1) is 14.4. The van der Waals surface area contributed by atoms with Gasteiger partial charge in [-0.15, -0.1) is 0 Å². The molecule has 0 saturated carbocycles. The van der Waals surface area contributed by atoms with Crippen molar-refractivity contribution in [3.63, 3.8) is 0 Å². The van der Waals surface area contributed by atoms with Crippen molar-refractivity contribution in [2.75, 3.05) is 0 Å². The number of benzene rings is 2. The molecule has 0 bridgehead atoms. The summed E-state index contributed by atoms with van der Waals surface area (Å²) in [5.74, 6) is 1.64. The second-order valence-corrected chi connectivity index (χ2v) is 9.44. The standard InChI is InChI=1S/C29H33N/c1-18(2)22-16-26(19(3)4)28(27(17-22)20(5)6)25-12-9-15-30-29(25)24-14-13-21-10-7-8-11-23(21)24/h7-20,24H,1-6H3. The van der Waals surface area contributed by atoms with Crippen molar-refractivity contribution < 1.29 is 0 Å². The summed E-state index contributed by atoms with van der Waals surface area (Å²) in [5.41, 5.74) is 10.8. The third-order valence-corrected chi connectivity index (χ3v) is 6.33. The maximum atomic E-state index is 4.94. The van der Waals surface area contributed by atoms with Gasteiger partial charge in [0.15, 0.2) is 0 Å². The fourth-order valence-corrected chi connectivity index (χ4v) is 4.63. The minimum absolute atomic E-state index is 0.210. The number of pyridine rings is 1. The molecule has 30 heavy (non-hydrogen) atoms. The summed E-state index contributed by atoms with van der Waals surface area (Å²) in [6.45, 7) is 13.8. The highest BCUT2D eigenvalue weighted by Gasteiger charge is 2.26. The van der Waals surface area contributed by atoms with E-state index in [0.717, 1.165) is 0 Å². The lowest BCUT2D eigenvalue weighted by molar-refractivity contribution is 0.806. The summed E-state index contributed by atoms with van der Waals surface area (Å²) < 4.78 is 0. The molecular weight excluding hydrogens is 362 g/mol. The fraction of sp³-hybridized carbons (Fsp3) is 0.345. The van der Waals surface area contributed by atoms with E-state index in [1.807, 2.05) is 6.20 Å².